The van der Waals surface area contributed by atoms with E-state index in [1.54, 1.807) is 13.8 Å². The predicted molar refractivity (Wildman–Crippen MR) is 49.2 cm³/mol. The maximum Gasteiger partial charge on any atom is 0.326 e. The summed E-state index contributed by atoms with van der Waals surface area (Å²) in [6.45, 7) is 6.81. The Kier molecular flexibility index (Phi) is 4.17. The number of aliphatic carboxylic acids is 1. The average molecular weight is 185 g/mol. The molecule has 4 nitrogen and oxygen atoms in total. The molecule has 0 heterocycles. The molecule has 0 rings (SSSR count). The molecule has 0 aromatic rings. The molecule has 1 atom stereocenters. The van der Waals surface area contributed by atoms with Crippen molar-refractivity contribution in [1.29, 1.82) is 0 Å². The first-order valence-corrected chi connectivity index (χ1v) is 4.03. The maximum atomic E-state index is 11.1. The van der Waals surface area contributed by atoms with Crippen molar-refractivity contribution >= 4 is 11.9 Å². The standard InChI is InChI=1S/C9H15NO3/c1-5-7(11)10(4)8(6(2)3)9(12)13/h5-6,8H,1H2,2-4H3,(H,12,13). The molecule has 13 heavy (non-hydrogen) atoms. The smallest absolute Gasteiger partial charge is 0.326 e. The van der Waals surface area contributed by atoms with Crippen molar-refractivity contribution in [2.45, 2.75) is 19.9 Å². The highest BCUT2D eigenvalue weighted by Crippen LogP contribution is 2.09. The second-order valence-electron chi connectivity index (χ2n) is 3.18. The Hall–Kier alpha value is -1.32. The molecule has 0 fully saturated rings. The van der Waals surface area contributed by atoms with Crippen molar-refractivity contribution in [2.75, 3.05) is 7.05 Å². The minimum absolute atomic E-state index is 0.119. The van der Waals surface area contributed by atoms with Crippen LogP contribution in [0.2, 0.25) is 0 Å². The normalized spacial score (nSPS) is 12.3. The third kappa shape index (κ3) is 2.89. The molecule has 74 valence electrons. The Bertz CT molecular complexity index is 223. The van der Waals surface area contributed by atoms with E-state index in [2.05, 4.69) is 6.58 Å². The minimum Gasteiger partial charge on any atom is -0.480 e. The van der Waals surface area contributed by atoms with Crippen LogP contribution in [0.1, 0.15) is 13.8 Å². The quantitative estimate of drug-likeness (QED) is 0.657. The number of rotatable bonds is 4. The van der Waals surface area contributed by atoms with Gasteiger partial charge >= 0.3 is 5.97 Å². The van der Waals surface area contributed by atoms with Gasteiger partial charge in [-0.1, -0.05) is 20.4 Å². The number of amides is 1. The van der Waals surface area contributed by atoms with Crippen LogP contribution in [0.3, 0.4) is 0 Å². The summed E-state index contributed by atoms with van der Waals surface area (Å²) in [5, 5.41) is 8.83. The Balaban J connectivity index is 4.64. The lowest BCUT2D eigenvalue weighted by molar-refractivity contribution is -0.149. The van der Waals surface area contributed by atoms with Crippen LogP contribution in [-0.4, -0.2) is 35.0 Å². The number of carbonyl (C=O) groups excluding carboxylic acids is 1. The third-order valence-electron chi connectivity index (χ3n) is 1.82. The fourth-order valence-corrected chi connectivity index (χ4v) is 1.18. The van der Waals surface area contributed by atoms with Gasteiger partial charge in [0.1, 0.15) is 6.04 Å². The fourth-order valence-electron chi connectivity index (χ4n) is 1.18. The molecule has 0 aromatic heterocycles. The summed E-state index contributed by atoms with van der Waals surface area (Å²) in [7, 11) is 1.46. The summed E-state index contributed by atoms with van der Waals surface area (Å²) in [5.41, 5.74) is 0. The fraction of sp³-hybridized carbons (Fsp3) is 0.556. The van der Waals surface area contributed by atoms with Crippen LogP contribution in [-0.2, 0) is 9.59 Å². The molecule has 1 N–H and O–H groups in total. The van der Waals surface area contributed by atoms with Gasteiger partial charge in [-0.15, -0.1) is 0 Å². The molecule has 0 spiro atoms. The van der Waals surface area contributed by atoms with Gasteiger partial charge in [-0.25, -0.2) is 4.79 Å². The highest BCUT2D eigenvalue weighted by atomic mass is 16.4. The topological polar surface area (TPSA) is 57.6 Å². The number of carbonyl (C=O) groups is 2. The molecule has 0 saturated carbocycles. The monoisotopic (exact) mass is 185 g/mol. The van der Waals surface area contributed by atoms with Crippen LogP contribution in [0, 0.1) is 5.92 Å². The molecule has 0 bridgehead atoms. The van der Waals surface area contributed by atoms with Crippen LogP contribution >= 0.6 is 0 Å². The Morgan fingerprint density at radius 1 is 1.46 bits per heavy atom. The molecule has 1 amide bonds. The molecule has 1 unspecified atom stereocenters. The molecular formula is C9H15NO3. The number of nitrogens with zero attached hydrogens (tertiary/aromatic N) is 1. The molecule has 0 aliphatic carbocycles. The predicted octanol–water partition coefficient (Wildman–Crippen LogP) is 0.740. The van der Waals surface area contributed by atoms with E-state index in [-0.39, 0.29) is 11.8 Å². The number of hydrogen-bond donors (Lipinski definition) is 1. The zero-order valence-corrected chi connectivity index (χ0v) is 8.15. The number of hydrogen-bond acceptors (Lipinski definition) is 2. The first-order valence-electron chi connectivity index (χ1n) is 4.03. The van der Waals surface area contributed by atoms with E-state index >= 15 is 0 Å². The van der Waals surface area contributed by atoms with Crippen molar-refractivity contribution in [2.24, 2.45) is 5.92 Å². The SMILES string of the molecule is C=CC(=O)N(C)C(C(=O)O)C(C)C. The largest absolute Gasteiger partial charge is 0.480 e. The molecule has 0 saturated heterocycles. The van der Waals surface area contributed by atoms with Gasteiger partial charge in [-0.05, 0) is 12.0 Å². The van der Waals surface area contributed by atoms with E-state index < -0.39 is 12.0 Å². The lowest BCUT2D eigenvalue weighted by Gasteiger charge is -2.26. The van der Waals surface area contributed by atoms with E-state index in [9.17, 15) is 9.59 Å². The summed E-state index contributed by atoms with van der Waals surface area (Å²) in [4.78, 5) is 23.1. The van der Waals surface area contributed by atoms with Gasteiger partial charge in [0.15, 0.2) is 0 Å². The van der Waals surface area contributed by atoms with Crippen LogP contribution < -0.4 is 0 Å². The maximum absolute atomic E-state index is 11.1. The summed E-state index contributed by atoms with van der Waals surface area (Å²) in [6, 6.07) is -0.787. The van der Waals surface area contributed by atoms with Gasteiger partial charge in [-0.2, -0.15) is 0 Å². The van der Waals surface area contributed by atoms with Gasteiger partial charge in [0.2, 0.25) is 5.91 Å². The molecular weight excluding hydrogens is 170 g/mol. The molecule has 0 aromatic carbocycles. The average Bonchev–Trinajstić information content (AvgIpc) is 2.01. The summed E-state index contributed by atoms with van der Waals surface area (Å²) in [6.07, 6.45) is 1.11. The zero-order chi connectivity index (χ0) is 10.6. The number of carboxylic acids is 1. The lowest BCUT2D eigenvalue weighted by Crippen LogP contribution is -2.44. The van der Waals surface area contributed by atoms with E-state index in [1.165, 1.54) is 11.9 Å². The minimum atomic E-state index is -0.993. The Morgan fingerprint density at radius 2 is 1.92 bits per heavy atom. The van der Waals surface area contributed by atoms with Gasteiger partial charge in [-0.3, -0.25) is 4.79 Å². The Labute approximate surface area is 77.8 Å². The van der Waals surface area contributed by atoms with E-state index in [4.69, 9.17) is 5.11 Å². The van der Waals surface area contributed by atoms with E-state index in [0.717, 1.165) is 6.08 Å². The third-order valence-corrected chi connectivity index (χ3v) is 1.82. The van der Waals surface area contributed by atoms with Crippen molar-refractivity contribution in [3.8, 4) is 0 Å². The van der Waals surface area contributed by atoms with Crippen molar-refractivity contribution in [3.63, 3.8) is 0 Å². The second kappa shape index (κ2) is 4.64. The van der Waals surface area contributed by atoms with Gasteiger partial charge in [0.25, 0.3) is 0 Å². The highest BCUT2D eigenvalue weighted by molar-refractivity contribution is 5.90. The van der Waals surface area contributed by atoms with Crippen molar-refractivity contribution in [3.05, 3.63) is 12.7 Å². The van der Waals surface area contributed by atoms with Crippen molar-refractivity contribution < 1.29 is 14.7 Å². The number of likely N-dealkylation sites (N-methyl/N-ethyl adjacent to an activating group) is 1. The van der Waals surface area contributed by atoms with Crippen LogP contribution in [0.15, 0.2) is 12.7 Å². The van der Waals surface area contributed by atoms with Gasteiger partial charge in [0, 0.05) is 7.05 Å². The second-order valence-corrected chi connectivity index (χ2v) is 3.18. The molecule has 0 radical (unpaired) electrons. The van der Waals surface area contributed by atoms with Crippen LogP contribution in [0.25, 0.3) is 0 Å². The summed E-state index contributed by atoms with van der Waals surface area (Å²) >= 11 is 0. The first-order chi connectivity index (χ1) is 5.91. The van der Waals surface area contributed by atoms with E-state index in [0.29, 0.717) is 0 Å². The van der Waals surface area contributed by atoms with Gasteiger partial charge in [0.05, 0.1) is 0 Å². The zero-order valence-electron chi connectivity index (χ0n) is 8.15. The lowest BCUT2D eigenvalue weighted by atomic mass is 10.0. The molecule has 0 aliphatic heterocycles. The summed E-state index contributed by atoms with van der Waals surface area (Å²) in [5.74, 6) is -1.49. The van der Waals surface area contributed by atoms with Crippen LogP contribution in [0.5, 0.6) is 0 Å². The highest BCUT2D eigenvalue weighted by Gasteiger charge is 2.27. The van der Waals surface area contributed by atoms with Crippen molar-refractivity contribution in [1.82, 2.24) is 4.90 Å². The first kappa shape index (κ1) is 11.7. The summed E-state index contributed by atoms with van der Waals surface area (Å²) < 4.78 is 0. The number of carboxylic acid groups (broad SMARTS) is 1. The Morgan fingerprint density at radius 3 is 2.15 bits per heavy atom. The van der Waals surface area contributed by atoms with E-state index in [1.807, 2.05) is 0 Å². The van der Waals surface area contributed by atoms with Gasteiger partial charge < -0.3 is 10.0 Å². The van der Waals surface area contributed by atoms with Crippen LogP contribution in [0.4, 0.5) is 0 Å². The molecule has 0 aliphatic rings. The molecule has 4 heteroatoms.